The molecular formula is C8H6ClNS3. The van der Waals surface area contributed by atoms with E-state index in [1.54, 1.807) is 22.7 Å². The lowest BCUT2D eigenvalue weighted by molar-refractivity contribution is 1.28. The van der Waals surface area contributed by atoms with Gasteiger partial charge in [-0.2, -0.15) is 12.6 Å². The fraction of sp³-hybridized carbons (Fsp3) is 0.125. The Kier molecular flexibility index (Phi) is 2.93. The summed E-state index contributed by atoms with van der Waals surface area (Å²) in [6.45, 7) is 0. The van der Waals surface area contributed by atoms with Crippen LogP contribution in [-0.2, 0) is 5.75 Å². The van der Waals surface area contributed by atoms with Crippen LogP contribution in [0.4, 0.5) is 0 Å². The van der Waals surface area contributed by atoms with Crippen LogP contribution in [0.5, 0.6) is 0 Å². The van der Waals surface area contributed by atoms with Crippen LogP contribution in [0.2, 0.25) is 4.34 Å². The molecule has 0 aliphatic rings. The third-order valence-corrected chi connectivity index (χ3v) is 4.13. The van der Waals surface area contributed by atoms with Crippen molar-refractivity contribution in [2.75, 3.05) is 0 Å². The molecule has 0 aliphatic heterocycles. The first-order valence-electron chi connectivity index (χ1n) is 3.60. The highest BCUT2D eigenvalue weighted by Crippen LogP contribution is 2.31. The maximum atomic E-state index is 5.83. The maximum absolute atomic E-state index is 5.83. The number of halogens is 1. The summed E-state index contributed by atoms with van der Waals surface area (Å²) in [5.74, 6) is 0.698. The van der Waals surface area contributed by atoms with E-state index in [1.165, 1.54) is 0 Å². The van der Waals surface area contributed by atoms with Gasteiger partial charge >= 0.3 is 0 Å². The zero-order valence-corrected chi connectivity index (χ0v) is 9.81. The summed E-state index contributed by atoms with van der Waals surface area (Å²) in [6, 6.07) is 3.88. The van der Waals surface area contributed by atoms with E-state index >= 15 is 0 Å². The molecule has 0 atom stereocenters. The number of hydrogen-bond donors (Lipinski definition) is 1. The topological polar surface area (TPSA) is 12.9 Å². The van der Waals surface area contributed by atoms with Crippen molar-refractivity contribution in [2.45, 2.75) is 5.75 Å². The minimum absolute atomic E-state index is 0.698. The Labute approximate surface area is 94.8 Å². The molecule has 0 fully saturated rings. The van der Waals surface area contributed by atoms with E-state index in [2.05, 4.69) is 17.6 Å². The number of nitrogens with zero attached hydrogens (tertiary/aromatic N) is 1. The lowest BCUT2D eigenvalue weighted by atomic mass is 10.4. The average Bonchev–Trinajstić information content (AvgIpc) is 2.71. The van der Waals surface area contributed by atoms with E-state index in [0.717, 1.165) is 19.9 Å². The summed E-state index contributed by atoms with van der Waals surface area (Å²) in [7, 11) is 0. The molecule has 2 rings (SSSR count). The number of hydrogen-bond acceptors (Lipinski definition) is 4. The smallest absolute Gasteiger partial charge is 0.103 e. The molecule has 0 aromatic carbocycles. The molecule has 2 aromatic rings. The fourth-order valence-corrected chi connectivity index (χ4v) is 2.97. The fourth-order valence-electron chi connectivity index (χ4n) is 0.949. The van der Waals surface area contributed by atoms with E-state index in [4.69, 9.17) is 11.6 Å². The second kappa shape index (κ2) is 4.00. The third kappa shape index (κ3) is 2.07. The molecule has 0 aliphatic carbocycles. The second-order valence-electron chi connectivity index (χ2n) is 2.39. The van der Waals surface area contributed by atoms with Crippen molar-refractivity contribution in [3.05, 3.63) is 26.9 Å². The number of thiazole rings is 1. The van der Waals surface area contributed by atoms with Gasteiger partial charge in [-0.1, -0.05) is 11.6 Å². The Bertz CT molecular complexity index is 407. The summed E-state index contributed by atoms with van der Waals surface area (Å²) in [5, 5.41) is 3.08. The van der Waals surface area contributed by atoms with Gasteiger partial charge in [-0.25, -0.2) is 4.98 Å². The van der Waals surface area contributed by atoms with E-state index in [1.807, 2.05) is 17.5 Å². The lowest BCUT2D eigenvalue weighted by Gasteiger charge is -1.86. The first-order chi connectivity index (χ1) is 6.29. The summed E-state index contributed by atoms with van der Waals surface area (Å²) in [5.41, 5.74) is 1.01. The summed E-state index contributed by atoms with van der Waals surface area (Å²) < 4.78 is 0.801. The molecule has 2 heterocycles. The zero-order valence-electron chi connectivity index (χ0n) is 6.53. The van der Waals surface area contributed by atoms with Gasteiger partial charge in [0.05, 0.1) is 14.9 Å². The van der Waals surface area contributed by atoms with Crippen LogP contribution in [0.1, 0.15) is 5.01 Å². The van der Waals surface area contributed by atoms with Crippen molar-refractivity contribution in [2.24, 2.45) is 0 Å². The zero-order chi connectivity index (χ0) is 9.26. The Hall–Kier alpha value is -0.0300. The highest BCUT2D eigenvalue weighted by Gasteiger charge is 2.05. The minimum Gasteiger partial charge on any atom is -0.239 e. The van der Waals surface area contributed by atoms with Crippen molar-refractivity contribution < 1.29 is 0 Å². The largest absolute Gasteiger partial charge is 0.239 e. The Balaban J connectivity index is 2.35. The molecule has 0 saturated heterocycles. The number of thiol groups is 1. The quantitative estimate of drug-likeness (QED) is 0.793. The minimum atomic E-state index is 0.698. The van der Waals surface area contributed by atoms with Gasteiger partial charge in [-0.15, -0.1) is 22.7 Å². The molecule has 0 spiro atoms. The molecule has 2 aromatic heterocycles. The van der Waals surface area contributed by atoms with Crippen LogP contribution in [0, 0.1) is 0 Å². The van der Waals surface area contributed by atoms with E-state index in [9.17, 15) is 0 Å². The predicted molar refractivity (Wildman–Crippen MR) is 63.1 cm³/mol. The van der Waals surface area contributed by atoms with Gasteiger partial charge < -0.3 is 0 Å². The summed E-state index contributed by atoms with van der Waals surface area (Å²) in [4.78, 5) is 5.53. The molecule has 0 N–H and O–H groups in total. The predicted octanol–water partition coefficient (Wildman–Crippen LogP) is 3.95. The maximum Gasteiger partial charge on any atom is 0.103 e. The van der Waals surface area contributed by atoms with Gasteiger partial charge in [0.25, 0.3) is 0 Å². The normalized spacial score (nSPS) is 10.6. The molecule has 0 radical (unpaired) electrons. The summed E-state index contributed by atoms with van der Waals surface area (Å²) in [6.07, 6.45) is 0. The van der Waals surface area contributed by atoms with Crippen LogP contribution >= 0.6 is 46.9 Å². The molecule has 68 valence electrons. The molecule has 1 nitrogen and oxygen atoms in total. The number of rotatable bonds is 2. The van der Waals surface area contributed by atoms with Crippen molar-refractivity contribution in [1.82, 2.24) is 4.98 Å². The standard InChI is InChI=1S/C8H6ClNS3/c9-7-2-1-6(13-7)5-4-12-8(3-11)10-5/h1-2,4,11H,3H2. The summed E-state index contributed by atoms with van der Waals surface area (Å²) >= 11 is 13.2. The van der Waals surface area contributed by atoms with Crippen LogP contribution in [0.15, 0.2) is 17.5 Å². The third-order valence-electron chi connectivity index (χ3n) is 1.51. The van der Waals surface area contributed by atoms with E-state index in [-0.39, 0.29) is 0 Å². The van der Waals surface area contributed by atoms with Crippen LogP contribution in [0.3, 0.4) is 0 Å². The second-order valence-corrected chi connectivity index (χ2v) is 5.36. The average molecular weight is 248 g/mol. The van der Waals surface area contributed by atoms with Gasteiger partial charge in [0, 0.05) is 11.1 Å². The Morgan fingerprint density at radius 1 is 1.46 bits per heavy atom. The molecule has 0 amide bonds. The monoisotopic (exact) mass is 247 g/mol. The molecule has 5 heteroatoms. The van der Waals surface area contributed by atoms with Crippen LogP contribution in [0.25, 0.3) is 10.6 Å². The highest BCUT2D eigenvalue weighted by atomic mass is 35.5. The van der Waals surface area contributed by atoms with Crippen LogP contribution in [-0.4, -0.2) is 4.98 Å². The van der Waals surface area contributed by atoms with Crippen molar-refractivity contribution >= 4 is 46.9 Å². The lowest BCUT2D eigenvalue weighted by Crippen LogP contribution is -1.74. The molecule has 0 unspecified atom stereocenters. The number of aromatic nitrogens is 1. The van der Waals surface area contributed by atoms with Gasteiger partial charge in [-0.05, 0) is 12.1 Å². The first-order valence-corrected chi connectivity index (χ1v) is 6.31. The highest BCUT2D eigenvalue weighted by molar-refractivity contribution is 7.79. The molecule has 0 saturated carbocycles. The molecule has 0 bridgehead atoms. The first kappa shape index (κ1) is 9.52. The Morgan fingerprint density at radius 3 is 2.85 bits per heavy atom. The van der Waals surface area contributed by atoms with Crippen LogP contribution < -0.4 is 0 Å². The number of thiophene rings is 1. The van der Waals surface area contributed by atoms with Gasteiger partial charge in [0.15, 0.2) is 0 Å². The SMILES string of the molecule is SCc1nc(-c2ccc(Cl)s2)cs1. The molecular weight excluding hydrogens is 242 g/mol. The van der Waals surface area contributed by atoms with E-state index in [0.29, 0.717) is 5.75 Å². The Morgan fingerprint density at radius 2 is 2.31 bits per heavy atom. The van der Waals surface area contributed by atoms with Gasteiger partial charge in [0.2, 0.25) is 0 Å². The van der Waals surface area contributed by atoms with E-state index < -0.39 is 0 Å². The van der Waals surface area contributed by atoms with Gasteiger partial charge in [-0.3, -0.25) is 0 Å². The van der Waals surface area contributed by atoms with Gasteiger partial charge in [0.1, 0.15) is 5.01 Å². The molecule has 13 heavy (non-hydrogen) atoms. The van der Waals surface area contributed by atoms with Crippen molar-refractivity contribution in [3.63, 3.8) is 0 Å². The van der Waals surface area contributed by atoms with Crippen molar-refractivity contribution in [1.29, 1.82) is 0 Å². The van der Waals surface area contributed by atoms with Crippen molar-refractivity contribution in [3.8, 4) is 10.6 Å².